The Morgan fingerprint density at radius 2 is 1.72 bits per heavy atom. The fourth-order valence-corrected chi connectivity index (χ4v) is 3.25. The standard InChI is InChI=1S/C25H21N5O2/c1-15-10-18(4-3-9-26)11-16(2)24(15)32-23-13-22(21(28)12-20(23)25(29)31)30-19-7-5-17(14-27)6-8-19/h3-8,10-13,30H,28H2,1-2H3,(H2,29,31)/b4-3+. The molecule has 3 aromatic carbocycles. The first-order chi connectivity index (χ1) is 15.3. The number of amides is 1. The van der Waals surface area contributed by atoms with Crippen molar-refractivity contribution >= 4 is 29.0 Å². The lowest BCUT2D eigenvalue weighted by Crippen LogP contribution is -2.13. The molecule has 0 aromatic heterocycles. The number of ether oxygens (including phenoxy) is 1. The van der Waals surface area contributed by atoms with Crippen molar-refractivity contribution in [2.75, 3.05) is 11.1 Å². The summed E-state index contributed by atoms with van der Waals surface area (Å²) in [6, 6.07) is 17.8. The van der Waals surface area contributed by atoms with Gasteiger partial charge in [-0.3, -0.25) is 4.79 Å². The van der Waals surface area contributed by atoms with Gasteiger partial charge in [-0.1, -0.05) is 0 Å². The lowest BCUT2D eigenvalue weighted by Gasteiger charge is -2.18. The molecule has 0 radical (unpaired) electrons. The molecule has 32 heavy (non-hydrogen) atoms. The van der Waals surface area contributed by atoms with Crippen LogP contribution in [-0.4, -0.2) is 5.91 Å². The first kappa shape index (κ1) is 21.9. The lowest BCUT2D eigenvalue weighted by atomic mass is 10.0. The van der Waals surface area contributed by atoms with Crippen molar-refractivity contribution in [2.24, 2.45) is 5.73 Å². The van der Waals surface area contributed by atoms with Crippen LogP contribution in [0.25, 0.3) is 6.08 Å². The van der Waals surface area contributed by atoms with Gasteiger partial charge >= 0.3 is 0 Å². The Balaban J connectivity index is 2.01. The second kappa shape index (κ2) is 9.38. The number of rotatable bonds is 6. The van der Waals surface area contributed by atoms with Crippen molar-refractivity contribution in [2.45, 2.75) is 13.8 Å². The molecule has 0 spiro atoms. The average Bonchev–Trinajstić information content (AvgIpc) is 2.77. The van der Waals surface area contributed by atoms with E-state index in [9.17, 15) is 4.79 Å². The lowest BCUT2D eigenvalue weighted by molar-refractivity contribution is 0.0998. The van der Waals surface area contributed by atoms with Crippen molar-refractivity contribution < 1.29 is 9.53 Å². The molecule has 0 bridgehead atoms. The summed E-state index contributed by atoms with van der Waals surface area (Å²) in [7, 11) is 0. The van der Waals surface area contributed by atoms with E-state index in [0.29, 0.717) is 22.7 Å². The topological polar surface area (TPSA) is 138 Å². The first-order valence-electron chi connectivity index (χ1n) is 9.68. The van der Waals surface area contributed by atoms with E-state index >= 15 is 0 Å². The number of carbonyl (C=O) groups excluding carboxylic acids is 1. The van der Waals surface area contributed by atoms with Crippen LogP contribution in [0.1, 0.15) is 32.6 Å². The van der Waals surface area contributed by atoms with Gasteiger partial charge in [0.2, 0.25) is 0 Å². The number of nitrogens with one attached hydrogen (secondary N) is 1. The van der Waals surface area contributed by atoms with Crippen molar-refractivity contribution in [1.29, 1.82) is 10.5 Å². The van der Waals surface area contributed by atoms with Gasteiger partial charge < -0.3 is 21.5 Å². The Hall–Kier alpha value is -4.75. The minimum absolute atomic E-state index is 0.153. The van der Waals surface area contributed by atoms with E-state index in [4.69, 9.17) is 26.7 Å². The molecule has 3 aromatic rings. The van der Waals surface area contributed by atoms with Gasteiger partial charge in [0.25, 0.3) is 5.91 Å². The molecule has 0 heterocycles. The highest BCUT2D eigenvalue weighted by atomic mass is 16.5. The summed E-state index contributed by atoms with van der Waals surface area (Å²) < 4.78 is 6.13. The molecule has 1 amide bonds. The summed E-state index contributed by atoms with van der Waals surface area (Å²) in [5, 5.41) is 20.9. The molecule has 158 valence electrons. The molecule has 0 saturated carbocycles. The molecular weight excluding hydrogens is 402 g/mol. The number of nitrogens with zero attached hydrogens (tertiary/aromatic N) is 2. The minimum Gasteiger partial charge on any atom is -0.456 e. The molecule has 0 aliphatic rings. The van der Waals surface area contributed by atoms with Crippen molar-refractivity contribution in [1.82, 2.24) is 0 Å². The van der Waals surface area contributed by atoms with Crippen LogP contribution in [0.2, 0.25) is 0 Å². The van der Waals surface area contributed by atoms with Gasteiger partial charge in [-0.2, -0.15) is 10.5 Å². The summed E-state index contributed by atoms with van der Waals surface area (Å²) in [5.74, 6) is 0.172. The normalized spacial score (nSPS) is 10.4. The number of benzene rings is 3. The van der Waals surface area contributed by atoms with Crippen molar-refractivity contribution in [3.05, 3.63) is 82.4 Å². The molecular formula is C25H21N5O2. The molecule has 0 atom stereocenters. The summed E-state index contributed by atoms with van der Waals surface area (Å²) in [5.41, 5.74) is 16.5. The molecule has 0 saturated heterocycles. The fraction of sp³-hybridized carbons (Fsp3) is 0.0800. The second-order valence-electron chi connectivity index (χ2n) is 7.16. The number of primary amides is 1. The number of allylic oxidation sites excluding steroid dienone is 1. The van der Waals surface area contributed by atoms with Gasteiger partial charge in [0.1, 0.15) is 11.5 Å². The van der Waals surface area contributed by atoms with Crippen LogP contribution in [0, 0.1) is 36.5 Å². The number of anilines is 3. The molecule has 0 aliphatic heterocycles. The van der Waals surface area contributed by atoms with Crippen LogP contribution in [0.5, 0.6) is 11.5 Å². The number of aryl methyl sites for hydroxylation is 2. The van der Waals surface area contributed by atoms with E-state index in [1.165, 1.54) is 12.1 Å². The molecule has 3 rings (SSSR count). The number of hydrogen-bond donors (Lipinski definition) is 3. The Bertz CT molecular complexity index is 1270. The molecule has 7 heteroatoms. The smallest absolute Gasteiger partial charge is 0.252 e. The molecule has 5 N–H and O–H groups in total. The maximum Gasteiger partial charge on any atom is 0.252 e. The fourth-order valence-electron chi connectivity index (χ4n) is 3.25. The molecule has 0 fully saturated rings. The third kappa shape index (κ3) is 4.86. The van der Waals surface area contributed by atoms with Gasteiger partial charge in [-0.05, 0) is 79.1 Å². The quantitative estimate of drug-likeness (QED) is 0.380. The van der Waals surface area contributed by atoms with Crippen LogP contribution in [0.3, 0.4) is 0 Å². The zero-order valence-corrected chi connectivity index (χ0v) is 17.6. The average molecular weight is 423 g/mol. The first-order valence-corrected chi connectivity index (χ1v) is 9.68. The van der Waals surface area contributed by atoms with E-state index in [-0.39, 0.29) is 11.3 Å². The van der Waals surface area contributed by atoms with Crippen LogP contribution < -0.4 is 21.5 Å². The van der Waals surface area contributed by atoms with Crippen molar-refractivity contribution in [3.8, 4) is 23.6 Å². The maximum atomic E-state index is 12.0. The van der Waals surface area contributed by atoms with Gasteiger partial charge in [-0.25, -0.2) is 0 Å². The van der Waals surface area contributed by atoms with Crippen LogP contribution in [-0.2, 0) is 0 Å². The minimum atomic E-state index is -0.666. The Morgan fingerprint density at radius 1 is 1.06 bits per heavy atom. The van der Waals surface area contributed by atoms with E-state index in [1.807, 2.05) is 32.0 Å². The Kier molecular flexibility index (Phi) is 6.43. The van der Waals surface area contributed by atoms with Crippen LogP contribution in [0.4, 0.5) is 17.1 Å². The van der Waals surface area contributed by atoms with Crippen molar-refractivity contribution in [3.63, 3.8) is 0 Å². The van der Waals surface area contributed by atoms with Gasteiger partial charge in [-0.15, -0.1) is 0 Å². The number of nitriles is 2. The highest BCUT2D eigenvalue weighted by Gasteiger charge is 2.17. The van der Waals surface area contributed by atoms with Crippen LogP contribution >= 0.6 is 0 Å². The Labute approximate surface area is 186 Å². The number of hydrogen-bond acceptors (Lipinski definition) is 6. The summed E-state index contributed by atoms with van der Waals surface area (Å²) >= 11 is 0. The van der Waals surface area contributed by atoms with E-state index < -0.39 is 5.91 Å². The molecule has 0 aliphatic carbocycles. The third-order valence-corrected chi connectivity index (χ3v) is 4.76. The van der Waals surface area contributed by atoms with Gasteiger partial charge in [0.05, 0.1) is 34.6 Å². The molecule has 0 unspecified atom stereocenters. The van der Waals surface area contributed by atoms with E-state index in [0.717, 1.165) is 22.4 Å². The van der Waals surface area contributed by atoms with Crippen LogP contribution in [0.15, 0.2) is 54.6 Å². The summed E-state index contributed by atoms with van der Waals surface area (Å²) in [4.78, 5) is 12.0. The number of nitrogen functional groups attached to an aromatic ring is 1. The predicted octanol–water partition coefficient (Wildman–Crippen LogP) is 4.93. The summed E-state index contributed by atoms with van der Waals surface area (Å²) in [6.45, 7) is 3.76. The second-order valence-corrected chi connectivity index (χ2v) is 7.16. The van der Waals surface area contributed by atoms with Gasteiger partial charge in [0.15, 0.2) is 0 Å². The zero-order chi connectivity index (χ0) is 23.3. The predicted molar refractivity (Wildman–Crippen MR) is 124 cm³/mol. The highest BCUT2D eigenvalue weighted by Crippen LogP contribution is 2.37. The van der Waals surface area contributed by atoms with E-state index in [1.54, 1.807) is 36.4 Å². The zero-order valence-electron chi connectivity index (χ0n) is 17.6. The number of nitrogens with two attached hydrogens (primary N) is 2. The number of carbonyl (C=O) groups is 1. The third-order valence-electron chi connectivity index (χ3n) is 4.76. The Morgan fingerprint density at radius 3 is 2.28 bits per heavy atom. The highest BCUT2D eigenvalue weighted by molar-refractivity contribution is 5.98. The SMILES string of the molecule is Cc1cc(/C=C/C#N)cc(C)c1Oc1cc(Nc2ccc(C#N)cc2)c(N)cc1C(N)=O. The van der Waals surface area contributed by atoms with Gasteiger partial charge in [0, 0.05) is 17.8 Å². The largest absolute Gasteiger partial charge is 0.456 e. The van der Waals surface area contributed by atoms with E-state index in [2.05, 4.69) is 11.4 Å². The monoisotopic (exact) mass is 423 g/mol. The summed E-state index contributed by atoms with van der Waals surface area (Å²) in [6.07, 6.45) is 3.11. The molecule has 7 nitrogen and oxygen atoms in total. The maximum absolute atomic E-state index is 12.0.